The van der Waals surface area contributed by atoms with E-state index < -0.39 is 0 Å². The molecule has 27 heavy (non-hydrogen) atoms. The Morgan fingerprint density at radius 2 is 1.89 bits per heavy atom. The zero-order chi connectivity index (χ0) is 19.1. The summed E-state index contributed by atoms with van der Waals surface area (Å²) in [7, 11) is 1.70. The first-order chi connectivity index (χ1) is 13.1. The van der Waals surface area contributed by atoms with Crippen LogP contribution in [0.5, 0.6) is 5.75 Å². The van der Waals surface area contributed by atoms with Crippen molar-refractivity contribution in [3.8, 4) is 5.75 Å². The number of para-hydroxylation sites is 1. The van der Waals surface area contributed by atoms with Gasteiger partial charge in [0.05, 0.1) is 7.11 Å². The van der Waals surface area contributed by atoms with Crippen molar-refractivity contribution in [2.75, 3.05) is 25.5 Å². The summed E-state index contributed by atoms with van der Waals surface area (Å²) in [6.45, 7) is 3.78. The molecule has 3 rings (SSSR count). The summed E-state index contributed by atoms with van der Waals surface area (Å²) in [5.74, 6) is 0.900. The van der Waals surface area contributed by atoms with Crippen LogP contribution >= 0.6 is 0 Å². The lowest BCUT2D eigenvalue weighted by molar-refractivity contribution is 0.186. The first-order valence-electron chi connectivity index (χ1n) is 9.64. The second-order valence-corrected chi connectivity index (χ2v) is 7.18. The predicted molar refractivity (Wildman–Crippen MR) is 109 cm³/mol. The van der Waals surface area contributed by atoms with E-state index in [0.717, 1.165) is 43.8 Å². The summed E-state index contributed by atoms with van der Waals surface area (Å²) in [4.78, 5) is 14.3. The molecule has 2 aromatic carbocycles. The maximum atomic E-state index is 12.4. The molecule has 5 heteroatoms. The number of benzene rings is 2. The number of anilines is 1. The topological polar surface area (TPSA) is 53.6 Å². The molecule has 0 radical (unpaired) electrons. The van der Waals surface area contributed by atoms with Crippen molar-refractivity contribution in [3.63, 3.8) is 0 Å². The molecule has 2 N–H and O–H groups in total. The minimum absolute atomic E-state index is 0.0101. The van der Waals surface area contributed by atoms with Crippen molar-refractivity contribution in [1.82, 2.24) is 10.2 Å². The van der Waals surface area contributed by atoms with Gasteiger partial charge in [-0.1, -0.05) is 30.3 Å². The van der Waals surface area contributed by atoms with E-state index in [1.54, 1.807) is 7.11 Å². The Morgan fingerprint density at radius 3 is 2.59 bits per heavy atom. The third-order valence-electron chi connectivity index (χ3n) is 5.00. The van der Waals surface area contributed by atoms with Crippen LogP contribution in [0.1, 0.15) is 25.3 Å². The van der Waals surface area contributed by atoms with E-state index in [-0.39, 0.29) is 6.03 Å². The largest absolute Gasteiger partial charge is 0.497 e. The van der Waals surface area contributed by atoms with Gasteiger partial charge in [0.15, 0.2) is 0 Å². The number of likely N-dealkylation sites (tertiary alicyclic amines) is 1. The van der Waals surface area contributed by atoms with E-state index in [9.17, 15) is 4.79 Å². The molecule has 0 bridgehead atoms. The van der Waals surface area contributed by atoms with E-state index in [1.165, 1.54) is 5.56 Å². The van der Waals surface area contributed by atoms with Crippen LogP contribution in [0.3, 0.4) is 0 Å². The highest BCUT2D eigenvalue weighted by atomic mass is 16.5. The Morgan fingerprint density at radius 1 is 1.15 bits per heavy atom. The van der Waals surface area contributed by atoms with Crippen LogP contribution in [0.15, 0.2) is 54.6 Å². The number of ether oxygens (including phenoxy) is 1. The first kappa shape index (κ1) is 19.2. The van der Waals surface area contributed by atoms with Crippen LogP contribution in [-0.2, 0) is 6.42 Å². The molecule has 1 heterocycles. The van der Waals surface area contributed by atoms with E-state index in [2.05, 4.69) is 29.7 Å². The Balaban J connectivity index is 1.42. The molecule has 0 spiro atoms. The molecule has 2 aromatic rings. The van der Waals surface area contributed by atoms with Crippen LogP contribution in [0.25, 0.3) is 0 Å². The van der Waals surface area contributed by atoms with Gasteiger partial charge in [-0.15, -0.1) is 0 Å². The smallest absolute Gasteiger partial charge is 0.321 e. The van der Waals surface area contributed by atoms with E-state index in [4.69, 9.17) is 4.74 Å². The minimum Gasteiger partial charge on any atom is -0.497 e. The van der Waals surface area contributed by atoms with Crippen LogP contribution in [0.2, 0.25) is 0 Å². The van der Waals surface area contributed by atoms with Crippen LogP contribution in [0, 0.1) is 0 Å². The van der Waals surface area contributed by atoms with Gasteiger partial charge in [0.25, 0.3) is 0 Å². The molecule has 144 valence electrons. The number of nitrogens with one attached hydrogen (secondary N) is 2. The normalized spacial score (nSPS) is 16.0. The average Bonchev–Trinajstić information content (AvgIpc) is 2.69. The minimum atomic E-state index is -0.0101. The quantitative estimate of drug-likeness (QED) is 0.814. The molecule has 1 saturated heterocycles. The van der Waals surface area contributed by atoms with Crippen molar-refractivity contribution in [2.45, 2.75) is 38.3 Å². The van der Waals surface area contributed by atoms with Crippen molar-refractivity contribution in [2.24, 2.45) is 0 Å². The molecule has 1 aliphatic rings. The highest BCUT2D eigenvalue weighted by Crippen LogP contribution is 2.16. The van der Waals surface area contributed by atoms with Gasteiger partial charge in [-0.25, -0.2) is 4.79 Å². The lowest BCUT2D eigenvalue weighted by Crippen LogP contribution is -2.48. The molecule has 1 atom stereocenters. The average molecular weight is 367 g/mol. The third-order valence-corrected chi connectivity index (χ3v) is 5.00. The number of methoxy groups -OCH3 is 1. The third kappa shape index (κ3) is 5.73. The Labute approximate surface area is 161 Å². The Hall–Kier alpha value is -2.53. The second-order valence-electron chi connectivity index (χ2n) is 7.18. The van der Waals surface area contributed by atoms with Gasteiger partial charge in [-0.05, 0) is 56.0 Å². The number of nitrogens with zero attached hydrogens (tertiary/aromatic N) is 1. The van der Waals surface area contributed by atoms with Crippen molar-refractivity contribution in [1.29, 1.82) is 0 Å². The SMILES string of the molecule is COc1cccc(C[C@H](C)NC2CCN(C(=O)Nc3ccccc3)CC2)c1. The summed E-state index contributed by atoms with van der Waals surface area (Å²) < 4.78 is 5.30. The number of rotatable bonds is 6. The fourth-order valence-electron chi connectivity index (χ4n) is 3.59. The van der Waals surface area contributed by atoms with Crippen LogP contribution < -0.4 is 15.4 Å². The molecule has 0 aliphatic carbocycles. The zero-order valence-electron chi connectivity index (χ0n) is 16.2. The van der Waals surface area contributed by atoms with E-state index >= 15 is 0 Å². The maximum absolute atomic E-state index is 12.4. The molecule has 0 unspecified atom stereocenters. The lowest BCUT2D eigenvalue weighted by atomic mass is 10.0. The molecule has 2 amide bonds. The van der Waals surface area contributed by atoms with Crippen molar-refractivity contribution in [3.05, 3.63) is 60.2 Å². The second kappa shape index (κ2) is 9.42. The summed E-state index contributed by atoms with van der Waals surface area (Å²) in [6.07, 6.45) is 2.92. The number of amides is 2. The Kier molecular flexibility index (Phi) is 6.71. The maximum Gasteiger partial charge on any atom is 0.321 e. The van der Waals surface area contributed by atoms with Gasteiger partial charge in [-0.2, -0.15) is 0 Å². The molecular weight excluding hydrogens is 338 g/mol. The molecule has 0 saturated carbocycles. The van der Waals surface area contributed by atoms with Gasteiger partial charge in [0.2, 0.25) is 0 Å². The number of hydrogen-bond acceptors (Lipinski definition) is 3. The molecule has 0 aromatic heterocycles. The predicted octanol–water partition coefficient (Wildman–Crippen LogP) is 3.91. The zero-order valence-corrected chi connectivity index (χ0v) is 16.2. The molecule has 1 aliphatic heterocycles. The fourth-order valence-corrected chi connectivity index (χ4v) is 3.59. The van der Waals surface area contributed by atoms with Gasteiger partial charge in [0.1, 0.15) is 5.75 Å². The number of piperidine rings is 1. The number of urea groups is 1. The van der Waals surface area contributed by atoms with Crippen LogP contribution in [-0.4, -0.2) is 43.2 Å². The summed E-state index contributed by atoms with van der Waals surface area (Å²) in [5.41, 5.74) is 2.11. The van der Waals surface area contributed by atoms with E-state index in [1.807, 2.05) is 47.4 Å². The Bertz CT molecular complexity index is 727. The molecule has 1 fully saturated rings. The van der Waals surface area contributed by atoms with Crippen molar-refractivity contribution < 1.29 is 9.53 Å². The van der Waals surface area contributed by atoms with Gasteiger partial charge < -0.3 is 20.3 Å². The molecular formula is C22H29N3O2. The van der Waals surface area contributed by atoms with E-state index in [0.29, 0.717) is 12.1 Å². The lowest BCUT2D eigenvalue weighted by Gasteiger charge is -2.34. The van der Waals surface area contributed by atoms with Gasteiger partial charge in [0, 0.05) is 30.9 Å². The van der Waals surface area contributed by atoms with Crippen LogP contribution in [0.4, 0.5) is 10.5 Å². The standard InChI is InChI=1S/C22H29N3O2/c1-17(15-18-7-6-10-21(16-18)27-2)23-20-11-13-25(14-12-20)22(26)24-19-8-4-3-5-9-19/h3-10,16-17,20,23H,11-15H2,1-2H3,(H,24,26)/t17-/m0/s1. The number of carbonyl (C=O) groups is 1. The number of carbonyl (C=O) groups excluding carboxylic acids is 1. The number of hydrogen-bond donors (Lipinski definition) is 2. The summed E-state index contributed by atoms with van der Waals surface area (Å²) in [5, 5.41) is 6.68. The first-order valence-corrected chi connectivity index (χ1v) is 9.64. The molecule has 5 nitrogen and oxygen atoms in total. The van der Waals surface area contributed by atoms with Crippen molar-refractivity contribution >= 4 is 11.7 Å². The monoisotopic (exact) mass is 367 g/mol. The van der Waals surface area contributed by atoms with Gasteiger partial charge in [-0.3, -0.25) is 0 Å². The highest BCUT2D eigenvalue weighted by molar-refractivity contribution is 5.89. The summed E-state index contributed by atoms with van der Waals surface area (Å²) >= 11 is 0. The summed E-state index contributed by atoms with van der Waals surface area (Å²) in [6, 6.07) is 18.7. The fraction of sp³-hybridized carbons (Fsp3) is 0.409. The highest BCUT2D eigenvalue weighted by Gasteiger charge is 2.23. The van der Waals surface area contributed by atoms with Gasteiger partial charge >= 0.3 is 6.03 Å².